The van der Waals surface area contributed by atoms with Crippen molar-refractivity contribution in [2.75, 3.05) is 7.11 Å². The van der Waals surface area contributed by atoms with E-state index in [2.05, 4.69) is 52.1 Å². The van der Waals surface area contributed by atoms with Gasteiger partial charge in [0.25, 0.3) is 0 Å². The van der Waals surface area contributed by atoms with E-state index in [1.54, 1.807) is 6.07 Å². The minimum atomic E-state index is -0.267. The van der Waals surface area contributed by atoms with Gasteiger partial charge in [0, 0.05) is 58.4 Å². The first-order chi connectivity index (χ1) is 23.6. The van der Waals surface area contributed by atoms with Crippen LogP contribution in [0.1, 0.15) is 89.6 Å². The Labute approximate surface area is 287 Å². The molecule has 1 aliphatic carbocycles. The number of aldehydes is 1. The summed E-state index contributed by atoms with van der Waals surface area (Å²) in [4.78, 5) is 40.2. The fraction of sp³-hybridized carbons (Fsp3) is 0.341. The Bertz CT molecular complexity index is 2100. The molecular formula is C41H42N4O4. The number of ether oxygens (including phenoxy) is 1. The number of aliphatic hydroxyl groups excluding tert-OH is 1. The van der Waals surface area contributed by atoms with Crippen LogP contribution in [0.25, 0.3) is 5.57 Å². The van der Waals surface area contributed by atoms with Gasteiger partial charge in [0.2, 0.25) is 0 Å². The Morgan fingerprint density at radius 1 is 0.959 bits per heavy atom. The Morgan fingerprint density at radius 3 is 2.41 bits per heavy atom. The minimum Gasteiger partial charge on any atom is -0.511 e. The molecule has 0 amide bonds. The van der Waals surface area contributed by atoms with E-state index in [9.17, 15) is 14.7 Å². The molecule has 5 heterocycles. The number of benzene rings is 1. The lowest BCUT2D eigenvalue weighted by molar-refractivity contribution is -0.140. The van der Waals surface area contributed by atoms with Crippen LogP contribution < -0.4 is 5.32 Å². The monoisotopic (exact) mass is 654 g/mol. The number of nitrogens with zero attached hydrogens (tertiary/aromatic N) is 3. The number of carbonyl (C=O) groups is 2. The summed E-state index contributed by atoms with van der Waals surface area (Å²) in [6, 6.07) is 7.65. The third kappa shape index (κ3) is 5.16. The summed E-state index contributed by atoms with van der Waals surface area (Å²) >= 11 is 0. The van der Waals surface area contributed by atoms with Crippen LogP contribution >= 0.6 is 0 Å². The number of hydrogen-bond acceptors (Lipinski definition) is 8. The predicted octanol–water partition coefficient (Wildman–Crippen LogP) is 8.36. The zero-order valence-electron chi connectivity index (χ0n) is 29.2. The largest absolute Gasteiger partial charge is 0.511 e. The van der Waals surface area contributed by atoms with Gasteiger partial charge in [-0.25, -0.2) is 15.0 Å². The maximum absolute atomic E-state index is 12.5. The summed E-state index contributed by atoms with van der Waals surface area (Å²) in [5, 5.41) is 15.3. The predicted molar refractivity (Wildman–Crippen MR) is 194 cm³/mol. The average Bonchev–Trinajstić information content (AvgIpc) is 3.86. The van der Waals surface area contributed by atoms with Crippen LogP contribution in [0.5, 0.6) is 0 Å². The van der Waals surface area contributed by atoms with Gasteiger partial charge in [0.1, 0.15) is 12.0 Å². The molecule has 1 fully saturated rings. The van der Waals surface area contributed by atoms with E-state index in [0.29, 0.717) is 24.2 Å². The van der Waals surface area contributed by atoms with Crippen molar-refractivity contribution < 1.29 is 19.4 Å². The second-order valence-electron chi connectivity index (χ2n) is 13.5. The fourth-order valence-corrected chi connectivity index (χ4v) is 8.20. The third-order valence-corrected chi connectivity index (χ3v) is 10.9. The quantitative estimate of drug-likeness (QED) is 0.227. The van der Waals surface area contributed by atoms with Crippen LogP contribution in [0, 0.1) is 11.8 Å². The minimum absolute atomic E-state index is 0.0622. The first-order valence-electron chi connectivity index (χ1n) is 17.2. The molecule has 2 N–H and O–H groups in total. The molecule has 8 bridgehead atoms. The molecule has 0 unspecified atom stereocenters. The molecule has 1 aromatic rings. The van der Waals surface area contributed by atoms with Gasteiger partial charge in [-0.15, -0.1) is 0 Å². The number of carbonyl (C=O) groups excluding carboxylic acids is 2. The Balaban J connectivity index is 1.56. The van der Waals surface area contributed by atoms with Gasteiger partial charge in [-0.1, -0.05) is 39.0 Å². The summed E-state index contributed by atoms with van der Waals surface area (Å²) in [6.45, 7) is 12.7. The van der Waals surface area contributed by atoms with E-state index in [4.69, 9.17) is 19.7 Å². The summed E-state index contributed by atoms with van der Waals surface area (Å²) < 4.78 is 5.06. The maximum atomic E-state index is 12.5. The highest BCUT2D eigenvalue weighted by atomic mass is 16.5. The summed E-state index contributed by atoms with van der Waals surface area (Å²) in [5.41, 5.74) is 16.5. The first kappa shape index (κ1) is 32.4. The first-order valence-corrected chi connectivity index (χ1v) is 17.2. The fourth-order valence-electron chi connectivity index (χ4n) is 8.20. The molecule has 5 aliphatic heterocycles. The van der Waals surface area contributed by atoms with E-state index < -0.39 is 0 Å². The topological polar surface area (TPSA) is 113 Å². The third-order valence-electron chi connectivity index (χ3n) is 10.9. The molecule has 8 heteroatoms. The normalized spacial score (nSPS) is 23.0. The number of allylic oxidation sites excluding steroid dienone is 12. The lowest BCUT2D eigenvalue weighted by Crippen LogP contribution is -2.16. The number of rotatable bonds is 7. The van der Waals surface area contributed by atoms with Crippen molar-refractivity contribution in [1.82, 2.24) is 5.32 Å². The molecule has 0 spiro atoms. The van der Waals surface area contributed by atoms with Crippen molar-refractivity contribution in [2.45, 2.75) is 73.6 Å². The van der Waals surface area contributed by atoms with Gasteiger partial charge >= 0.3 is 5.97 Å². The molecule has 8 nitrogen and oxygen atoms in total. The van der Waals surface area contributed by atoms with Gasteiger partial charge in [0.15, 0.2) is 0 Å². The van der Waals surface area contributed by atoms with Crippen molar-refractivity contribution in [3.63, 3.8) is 0 Å². The summed E-state index contributed by atoms with van der Waals surface area (Å²) in [5.74, 6) is -0.125. The Morgan fingerprint density at radius 2 is 1.69 bits per heavy atom. The van der Waals surface area contributed by atoms with Crippen molar-refractivity contribution in [3.05, 3.63) is 121 Å². The molecule has 1 saturated heterocycles. The molecular weight excluding hydrogens is 612 g/mol. The number of esters is 1. The zero-order chi connectivity index (χ0) is 34.7. The van der Waals surface area contributed by atoms with E-state index in [0.717, 1.165) is 115 Å². The highest BCUT2D eigenvalue weighted by molar-refractivity contribution is 6.34. The second-order valence-corrected chi connectivity index (χ2v) is 13.5. The van der Waals surface area contributed by atoms with Gasteiger partial charge in [-0.3, -0.25) is 9.59 Å². The molecule has 0 aromatic heterocycles. The standard InChI is InChI=1S/C41H42N4O4/c1-8-26-20(3)30-17-33-27(9-2)21(4)38(44-33)37(25-12-10-11-24(15-25)19-46)39-22(5)28(13-14-35(48)49-7)40(45-39)29-16-34(47)36-23(6)31(43-41(29)36)18-32(26)42-30/h10-12,15,17-19,22,28,45,47H,8-9,13-14,16H2,1-7H3/t22-,28-/m0/s1. The molecule has 49 heavy (non-hydrogen) atoms. The second kappa shape index (κ2) is 12.4. The summed E-state index contributed by atoms with van der Waals surface area (Å²) in [7, 11) is 1.42. The van der Waals surface area contributed by atoms with Crippen molar-refractivity contribution in [1.29, 1.82) is 0 Å². The lowest BCUT2D eigenvalue weighted by Gasteiger charge is -2.19. The van der Waals surface area contributed by atoms with Gasteiger partial charge in [0.05, 0.1) is 41.3 Å². The SMILES string of the molecule is CCC1=C(C)C2=NC1=CC1=C(C)C3=C(O)CC(=C4NC(=C(c5cccc(C=O)c5)C5=NC(=C2)C(CC)=C5C)[C@@H](C)[C@@H]4CCC(=O)OC)C3=N1. The molecule has 6 aliphatic rings. The van der Waals surface area contributed by atoms with Crippen LogP contribution in [0.15, 0.2) is 125 Å². The smallest absolute Gasteiger partial charge is 0.305 e. The van der Waals surface area contributed by atoms with Crippen molar-refractivity contribution in [2.24, 2.45) is 26.8 Å². The molecule has 250 valence electrons. The Kier molecular flexibility index (Phi) is 8.21. The average molecular weight is 655 g/mol. The van der Waals surface area contributed by atoms with E-state index in [1.165, 1.54) is 7.11 Å². The highest BCUT2D eigenvalue weighted by Gasteiger charge is 2.43. The van der Waals surface area contributed by atoms with Gasteiger partial charge in [-0.2, -0.15) is 0 Å². The number of aliphatic hydroxyl groups is 1. The van der Waals surface area contributed by atoms with Crippen molar-refractivity contribution in [3.8, 4) is 0 Å². The van der Waals surface area contributed by atoms with Crippen molar-refractivity contribution >= 4 is 35.0 Å². The molecule has 1 aromatic carbocycles. The van der Waals surface area contributed by atoms with Gasteiger partial charge < -0.3 is 15.2 Å². The van der Waals surface area contributed by atoms with E-state index in [1.807, 2.05) is 25.1 Å². The highest BCUT2D eigenvalue weighted by Crippen LogP contribution is 2.48. The van der Waals surface area contributed by atoms with Crippen LogP contribution in [0.4, 0.5) is 0 Å². The lowest BCUT2D eigenvalue weighted by atomic mass is 9.83. The zero-order valence-corrected chi connectivity index (χ0v) is 29.2. The summed E-state index contributed by atoms with van der Waals surface area (Å²) in [6.07, 6.45) is 7.77. The van der Waals surface area contributed by atoms with E-state index >= 15 is 0 Å². The number of fused-ring (bicyclic) bond motifs is 5. The van der Waals surface area contributed by atoms with Gasteiger partial charge in [-0.05, 0) is 91.7 Å². The van der Waals surface area contributed by atoms with E-state index in [-0.39, 0.29) is 24.2 Å². The molecule has 0 saturated carbocycles. The number of methoxy groups -OCH3 is 1. The Hall–Kier alpha value is -5.11. The number of aliphatic imine (C=N–C) groups is 3. The molecule has 7 rings (SSSR count). The maximum Gasteiger partial charge on any atom is 0.305 e. The van der Waals surface area contributed by atoms with Crippen LogP contribution in [-0.4, -0.2) is 41.6 Å². The molecule has 0 radical (unpaired) electrons. The van der Waals surface area contributed by atoms with Crippen LogP contribution in [0.2, 0.25) is 0 Å². The molecule has 2 atom stereocenters. The number of nitrogens with one attached hydrogen (secondary N) is 1. The number of hydrogen-bond donors (Lipinski definition) is 2. The van der Waals surface area contributed by atoms with Crippen LogP contribution in [-0.2, 0) is 9.53 Å². The van der Waals surface area contributed by atoms with Crippen LogP contribution in [0.3, 0.4) is 0 Å².